The molecule has 0 saturated carbocycles. The van der Waals surface area contributed by atoms with Crippen molar-refractivity contribution in [1.82, 2.24) is 5.32 Å². The first kappa shape index (κ1) is 9.72. The van der Waals surface area contributed by atoms with Gasteiger partial charge in [0.15, 0.2) is 5.75 Å². The molecule has 0 atom stereocenters. The Morgan fingerprint density at radius 3 is 2.73 bits per heavy atom. The van der Waals surface area contributed by atoms with Crippen LogP contribution in [-0.2, 0) is 0 Å². The number of nitrogens with zero attached hydrogens (tertiary/aromatic N) is 1. The molecule has 15 heavy (non-hydrogen) atoms. The van der Waals surface area contributed by atoms with Crippen LogP contribution in [0.25, 0.3) is 0 Å². The van der Waals surface area contributed by atoms with Gasteiger partial charge in [-0.15, -0.1) is 0 Å². The van der Waals surface area contributed by atoms with E-state index in [1.165, 1.54) is 18.2 Å². The molecule has 0 amide bonds. The number of phenolic OH excluding ortho intramolecular Hbond substituents is 1. The SMILES string of the molecule is O=[N+]([O-])c1ccc(OC2CNC2)cc1O. The van der Waals surface area contributed by atoms with Crippen LogP contribution in [0, 0.1) is 10.1 Å². The molecule has 1 aromatic rings. The molecule has 2 rings (SSSR count). The monoisotopic (exact) mass is 210 g/mol. The number of hydrogen-bond acceptors (Lipinski definition) is 5. The quantitative estimate of drug-likeness (QED) is 0.565. The van der Waals surface area contributed by atoms with Crippen LogP contribution in [0.4, 0.5) is 5.69 Å². The minimum atomic E-state index is -0.635. The van der Waals surface area contributed by atoms with Crippen molar-refractivity contribution in [1.29, 1.82) is 0 Å². The molecular formula is C9H10N2O4. The van der Waals surface area contributed by atoms with Gasteiger partial charge in [0.25, 0.3) is 0 Å². The van der Waals surface area contributed by atoms with E-state index in [0.717, 1.165) is 13.1 Å². The summed E-state index contributed by atoms with van der Waals surface area (Å²) in [6, 6.07) is 3.98. The summed E-state index contributed by atoms with van der Waals surface area (Å²) in [5.41, 5.74) is -0.311. The zero-order chi connectivity index (χ0) is 10.8. The maximum absolute atomic E-state index is 10.4. The minimum absolute atomic E-state index is 0.0888. The second-order valence-corrected chi connectivity index (χ2v) is 3.31. The van der Waals surface area contributed by atoms with Crippen molar-refractivity contribution in [3.05, 3.63) is 28.3 Å². The third kappa shape index (κ3) is 1.99. The molecule has 1 aromatic carbocycles. The minimum Gasteiger partial charge on any atom is -0.502 e. The van der Waals surface area contributed by atoms with E-state index in [-0.39, 0.29) is 17.5 Å². The molecule has 0 radical (unpaired) electrons. The van der Waals surface area contributed by atoms with Gasteiger partial charge >= 0.3 is 5.69 Å². The van der Waals surface area contributed by atoms with Crippen LogP contribution < -0.4 is 10.1 Å². The fourth-order valence-electron chi connectivity index (χ4n) is 1.27. The van der Waals surface area contributed by atoms with Crippen LogP contribution in [0.3, 0.4) is 0 Å². The number of nitrogens with one attached hydrogen (secondary N) is 1. The maximum Gasteiger partial charge on any atom is 0.310 e. The molecule has 0 aromatic heterocycles. The van der Waals surface area contributed by atoms with E-state index in [1.807, 2.05) is 0 Å². The van der Waals surface area contributed by atoms with Gasteiger partial charge in [-0.05, 0) is 6.07 Å². The first-order valence-corrected chi connectivity index (χ1v) is 4.51. The number of ether oxygens (including phenoxy) is 1. The predicted octanol–water partition coefficient (Wildman–Crippen LogP) is 0.651. The highest BCUT2D eigenvalue weighted by Crippen LogP contribution is 2.30. The normalized spacial score (nSPS) is 15.7. The summed E-state index contributed by atoms with van der Waals surface area (Å²) < 4.78 is 5.42. The van der Waals surface area contributed by atoms with E-state index in [0.29, 0.717) is 5.75 Å². The maximum atomic E-state index is 10.4. The van der Waals surface area contributed by atoms with Crippen LogP contribution in [0.2, 0.25) is 0 Å². The average molecular weight is 210 g/mol. The van der Waals surface area contributed by atoms with Crippen molar-refractivity contribution < 1.29 is 14.8 Å². The first-order valence-electron chi connectivity index (χ1n) is 4.51. The third-order valence-corrected chi connectivity index (χ3v) is 2.19. The van der Waals surface area contributed by atoms with Gasteiger partial charge in [-0.25, -0.2) is 0 Å². The Morgan fingerprint density at radius 2 is 2.27 bits per heavy atom. The van der Waals surface area contributed by atoms with Crippen molar-refractivity contribution >= 4 is 5.69 Å². The lowest BCUT2D eigenvalue weighted by Crippen LogP contribution is -2.50. The molecule has 6 nitrogen and oxygen atoms in total. The van der Waals surface area contributed by atoms with Crippen LogP contribution in [0.15, 0.2) is 18.2 Å². The average Bonchev–Trinajstić information content (AvgIpc) is 2.11. The van der Waals surface area contributed by atoms with Crippen LogP contribution in [0.1, 0.15) is 0 Å². The predicted molar refractivity (Wildman–Crippen MR) is 52.0 cm³/mol. The molecule has 1 aliphatic heterocycles. The summed E-state index contributed by atoms with van der Waals surface area (Å²) in [6.07, 6.45) is 0.0888. The van der Waals surface area contributed by atoms with Gasteiger partial charge in [0.1, 0.15) is 11.9 Å². The topological polar surface area (TPSA) is 84.6 Å². The highest BCUT2D eigenvalue weighted by molar-refractivity contribution is 5.49. The van der Waals surface area contributed by atoms with E-state index in [9.17, 15) is 15.2 Å². The van der Waals surface area contributed by atoms with Gasteiger partial charge < -0.3 is 15.2 Å². The molecule has 1 saturated heterocycles. The molecule has 1 aliphatic rings. The molecule has 1 fully saturated rings. The van der Waals surface area contributed by atoms with Crippen molar-refractivity contribution in [3.63, 3.8) is 0 Å². The summed E-state index contributed by atoms with van der Waals surface area (Å²) in [5.74, 6) is 0.0781. The van der Waals surface area contributed by atoms with Gasteiger partial charge in [-0.1, -0.05) is 0 Å². The Hall–Kier alpha value is -1.82. The number of phenols is 1. The van der Waals surface area contributed by atoms with E-state index < -0.39 is 4.92 Å². The van der Waals surface area contributed by atoms with E-state index in [4.69, 9.17) is 4.74 Å². The van der Waals surface area contributed by atoms with E-state index in [1.54, 1.807) is 0 Å². The summed E-state index contributed by atoms with van der Waals surface area (Å²) in [5, 5.41) is 22.8. The first-order chi connectivity index (χ1) is 7.16. The molecule has 2 N–H and O–H groups in total. The summed E-state index contributed by atoms with van der Waals surface area (Å²) in [7, 11) is 0. The largest absolute Gasteiger partial charge is 0.502 e. The lowest BCUT2D eigenvalue weighted by molar-refractivity contribution is -0.385. The van der Waals surface area contributed by atoms with Crippen molar-refractivity contribution in [2.24, 2.45) is 0 Å². The summed E-state index contributed by atoms with van der Waals surface area (Å²) in [4.78, 5) is 9.78. The fourth-order valence-corrected chi connectivity index (χ4v) is 1.27. The number of benzene rings is 1. The number of hydrogen-bond donors (Lipinski definition) is 2. The van der Waals surface area contributed by atoms with Crippen LogP contribution >= 0.6 is 0 Å². The molecule has 0 aliphatic carbocycles. The van der Waals surface area contributed by atoms with Gasteiger partial charge in [0.05, 0.1) is 4.92 Å². The molecule has 1 heterocycles. The Labute approximate surface area is 85.6 Å². The van der Waals surface area contributed by atoms with E-state index >= 15 is 0 Å². The smallest absolute Gasteiger partial charge is 0.310 e. The van der Waals surface area contributed by atoms with Gasteiger partial charge in [0.2, 0.25) is 0 Å². The molecule has 0 unspecified atom stereocenters. The summed E-state index contributed by atoms with van der Waals surface area (Å²) >= 11 is 0. The molecule has 6 heteroatoms. The molecule has 0 spiro atoms. The number of rotatable bonds is 3. The number of aromatic hydroxyl groups is 1. The highest BCUT2D eigenvalue weighted by atomic mass is 16.6. The third-order valence-electron chi connectivity index (χ3n) is 2.19. The van der Waals surface area contributed by atoms with Crippen LogP contribution in [0.5, 0.6) is 11.5 Å². The number of nitro groups is 1. The Kier molecular flexibility index (Phi) is 2.42. The van der Waals surface area contributed by atoms with Gasteiger partial charge in [0, 0.05) is 25.2 Å². The zero-order valence-electron chi connectivity index (χ0n) is 7.84. The van der Waals surface area contributed by atoms with Gasteiger partial charge in [-0.3, -0.25) is 10.1 Å². The zero-order valence-corrected chi connectivity index (χ0v) is 7.84. The summed E-state index contributed by atoms with van der Waals surface area (Å²) in [6.45, 7) is 1.52. The van der Waals surface area contributed by atoms with E-state index in [2.05, 4.69) is 5.32 Å². The Morgan fingerprint density at radius 1 is 1.53 bits per heavy atom. The van der Waals surface area contributed by atoms with Crippen molar-refractivity contribution in [3.8, 4) is 11.5 Å². The fraction of sp³-hybridized carbons (Fsp3) is 0.333. The molecule has 80 valence electrons. The highest BCUT2D eigenvalue weighted by Gasteiger charge is 2.20. The second-order valence-electron chi connectivity index (χ2n) is 3.31. The number of nitro benzene ring substituents is 1. The van der Waals surface area contributed by atoms with Crippen molar-refractivity contribution in [2.45, 2.75) is 6.10 Å². The lowest BCUT2D eigenvalue weighted by Gasteiger charge is -2.27. The Balaban J connectivity index is 2.13. The standard InChI is InChI=1S/C9H10N2O4/c12-9-3-6(15-7-4-10-5-7)1-2-8(9)11(13)14/h1-3,7,10,12H,4-5H2. The van der Waals surface area contributed by atoms with Gasteiger partial charge in [-0.2, -0.15) is 0 Å². The van der Waals surface area contributed by atoms with Crippen molar-refractivity contribution in [2.75, 3.05) is 13.1 Å². The lowest BCUT2D eigenvalue weighted by atomic mass is 10.2. The second kappa shape index (κ2) is 3.74. The molecule has 0 bridgehead atoms. The molecular weight excluding hydrogens is 200 g/mol. The Bertz CT molecular complexity index is 390. The van der Waals surface area contributed by atoms with Crippen LogP contribution in [-0.4, -0.2) is 29.2 Å².